The second kappa shape index (κ2) is 10.3. The third-order valence-corrected chi connectivity index (χ3v) is 4.39. The minimum absolute atomic E-state index is 0.0299. The van der Waals surface area contributed by atoms with E-state index in [-0.39, 0.29) is 28.2 Å². The van der Waals surface area contributed by atoms with E-state index >= 15 is 0 Å². The number of amides is 2. The van der Waals surface area contributed by atoms with E-state index < -0.39 is 11.9 Å². The Morgan fingerprint density at radius 1 is 1.03 bits per heavy atom. The molecule has 0 aromatic heterocycles. The number of methoxy groups -OCH3 is 1. The van der Waals surface area contributed by atoms with Crippen LogP contribution in [0.1, 0.15) is 51.3 Å². The van der Waals surface area contributed by atoms with Crippen LogP contribution in [0.2, 0.25) is 0 Å². The molecule has 2 aromatic carbocycles. The Morgan fingerprint density at radius 2 is 1.72 bits per heavy atom. The lowest BCUT2D eigenvalue weighted by molar-refractivity contribution is 0.0600. The normalized spacial score (nSPS) is 11.1. The van der Waals surface area contributed by atoms with Gasteiger partial charge in [-0.2, -0.15) is 0 Å². The van der Waals surface area contributed by atoms with E-state index in [0.717, 1.165) is 6.42 Å². The van der Waals surface area contributed by atoms with Crippen molar-refractivity contribution in [1.29, 1.82) is 0 Å². The average molecular weight is 413 g/mol. The molecular formula is C21H23N3O4S. The maximum absolute atomic E-state index is 12.5. The second-order valence-corrected chi connectivity index (χ2v) is 6.72. The maximum atomic E-state index is 12.5. The number of thiocarbonyl (C=S) groups is 1. The highest BCUT2D eigenvalue weighted by molar-refractivity contribution is 7.80. The van der Waals surface area contributed by atoms with Crippen molar-refractivity contribution >= 4 is 40.8 Å². The van der Waals surface area contributed by atoms with Gasteiger partial charge in [-0.1, -0.05) is 25.1 Å². The number of benzene rings is 2. The van der Waals surface area contributed by atoms with Crippen molar-refractivity contribution in [3.05, 3.63) is 65.2 Å². The van der Waals surface area contributed by atoms with Crippen LogP contribution in [0.5, 0.6) is 0 Å². The molecule has 2 amide bonds. The van der Waals surface area contributed by atoms with Gasteiger partial charge in [0.15, 0.2) is 5.11 Å². The van der Waals surface area contributed by atoms with Gasteiger partial charge < -0.3 is 15.4 Å². The fourth-order valence-corrected chi connectivity index (χ4v) is 2.63. The van der Waals surface area contributed by atoms with Crippen LogP contribution < -0.4 is 16.0 Å². The number of carbonyl (C=O) groups excluding carboxylic acids is 3. The van der Waals surface area contributed by atoms with Crippen LogP contribution in [0.25, 0.3) is 0 Å². The number of hydrogen-bond donors (Lipinski definition) is 3. The molecule has 0 aliphatic rings. The van der Waals surface area contributed by atoms with Crippen molar-refractivity contribution in [3.63, 3.8) is 0 Å². The zero-order valence-electron chi connectivity index (χ0n) is 16.4. The van der Waals surface area contributed by atoms with E-state index in [1.54, 1.807) is 42.5 Å². The van der Waals surface area contributed by atoms with Crippen LogP contribution in [0.3, 0.4) is 0 Å². The summed E-state index contributed by atoms with van der Waals surface area (Å²) >= 11 is 5.21. The molecule has 1 atom stereocenters. The van der Waals surface area contributed by atoms with Crippen LogP contribution in [-0.2, 0) is 4.74 Å². The summed E-state index contributed by atoms with van der Waals surface area (Å²) in [6.45, 7) is 3.90. The SMILES string of the molecule is CCC(C)NC(=O)c1ccccc1NC(=S)NC(=O)c1cccc(C(=O)OC)c1. The zero-order chi connectivity index (χ0) is 21.4. The smallest absolute Gasteiger partial charge is 0.337 e. The standard InChI is InChI=1S/C21H23N3O4S/c1-4-13(2)22-19(26)16-10-5-6-11-17(16)23-21(29)24-18(25)14-8-7-9-15(12-14)20(27)28-3/h5-13H,4H2,1-3H3,(H,22,26)(H2,23,24,25,29). The third kappa shape index (κ3) is 6.11. The highest BCUT2D eigenvalue weighted by Crippen LogP contribution is 2.15. The molecule has 0 spiro atoms. The van der Waals surface area contributed by atoms with Crippen molar-refractivity contribution in [1.82, 2.24) is 10.6 Å². The van der Waals surface area contributed by atoms with Crippen molar-refractivity contribution in [3.8, 4) is 0 Å². The molecular weight excluding hydrogens is 390 g/mol. The number of carbonyl (C=O) groups is 3. The number of anilines is 1. The molecule has 3 N–H and O–H groups in total. The highest BCUT2D eigenvalue weighted by Gasteiger charge is 2.15. The van der Waals surface area contributed by atoms with Gasteiger partial charge in [-0.05, 0) is 55.9 Å². The van der Waals surface area contributed by atoms with E-state index in [2.05, 4.69) is 20.7 Å². The van der Waals surface area contributed by atoms with Crippen LogP contribution in [-0.4, -0.2) is 36.0 Å². The highest BCUT2D eigenvalue weighted by atomic mass is 32.1. The van der Waals surface area contributed by atoms with Gasteiger partial charge in [0, 0.05) is 11.6 Å². The Kier molecular flexibility index (Phi) is 7.85. The molecule has 2 rings (SSSR count). The van der Waals surface area contributed by atoms with Crippen molar-refractivity contribution < 1.29 is 19.1 Å². The minimum atomic E-state index is -0.540. The summed E-state index contributed by atoms with van der Waals surface area (Å²) in [7, 11) is 1.27. The van der Waals surface area contributed by atoms with Gasteiger partial charge in [-0.3, -0.25) is 14.9 Å². The number of ether oxygens (including phenoxy) is 1. The maximum Gasteiger partial charge on any atom is 0.337 e. The summed E-state index contributed by atoms with van der Waals surface area (Å²) in [4.78, 5) is 36.5. The molecule has 0 fully saturated rings. The second-order valence-electron chi connectivity index (χ2n) is 6.31. The Labute approximate surface area is 174 Å². The lowest BCUT2D eigenvalue weighted by Gasteiger charge is -2.16. The fourth-order valence-electron chi connectivity index (χ4n) is 2.43. The molecule has 0 saturated heterocycles. The molecule has 2 aromatic rings. The Hall–Kier alpha value is -3.26. The third-order valence-electron chi connectivity index (χ3n) is 4.18. The van der Waals surface area contributed by atoms with E-state index in [1.807, 2.05) is 13.8 Å². The Balaban J connectivity index is 2.09. The molecule has 0 saturated carbocycles. The Morgan fingerprint density at radius 3 is 2.41 bits per heavy atom. The number of nitrogens with one attached hydrogen (secondary N) is 3. The van der Waals surface area contributed by atoms with E-state index in [0.29, 0.717) is 11.3 Å². The lowest BCUT2D eigenvalue weighted by atomic mass is 10.1. The van der Waals surface area contributed by atoms with Crippen molar-refractivity contribution in [2.24, 2.45) is 0 Å². The first kappa shape index (κ1) is 22.0. The topological polar surface area (TPSA) is 96.5 Å². The number of esters is 1. The van der Waals surface area contributed by atoms with Crippen molar-refractivity contribution in [2.75, 3.05) is 12.4 Å². The average Bonchev–Trinajstić information content (AvgIpc) is 2.73. The monoisotopic (exact) mass is 413 g/mol. The summed E-state index contributed by atoms with van der Waals surface area (Å²) < 4.78 is 4.66. The van der Waals surface area contributed by atoms with E-state index in [1.165, 1.54) is 13.2 Å². The van der Waals surface area contributed by atoms with Gasteiger partial charge in [0.2, 0.25) is 0 Å². The summed E-state index contributed by atoms with van der Waals surface area (Å²) in [5.74, 6) is -1.27. The summed E-state index contributed by atoms with van der Waals surface area (Å²) in [5.41, 5.74) is 1.39. The molecule has 0 radical (unpaired) electrons. The molecule has 1 unspecified atom stereocenters. The zero-order valence-corrected chi connectivity index (χ0v) is 17.3. The van der Waals surface area contributed by atoms with Gasteiger partial charge in [0.05, 0.1) is 23.9 Å². The van der Waals surface area contributed by atoms with E-state index in [4.69, 9.17) is 12.2 Å². The van der Waals surface area contributed by atoms with Gasteiger partial charge >= 0.3 is 5.97 Å². The van der Waals surface area contributed by atoms with Gasteiger partial charge in [-0.25, -0.2) is 4.79 Å². The number of hydrogen-bond acceptors (Lipinski definition) is 5. The summed E-state index contributed by atoms with van der Waals surface area (Å²) in [6.07, 6.45) is 0.806. The molecule has 0 heterocycles. The molecule has 8 heteroatoms. The molecule has 0 bridgehead atoms. The number of rotatable bonds is 6. The molecule has 152 valence electrons. The van der Waals surface area contributed by atoms with E-state index in [9.17, 15) is 14.4 Å². The van der Waals surface area contributed by atoms with Gasteiger partial charge in [0.1, 0.15) is 0 Å². The van der Waals surface area contributed by atoms with Gasteiger partial charge in [0.25, 0.3) is 11.8 Å². The quantitative estimate of drug-likeness (QED) is 0.497. The molecule has 7 nitrogen and oxygen atoms in total. The molecule has 0 aliphatic carbocycles. The molecule has 0 aliphatic heterocycles. The van der Waals surface area contributed by atoms with Crippen molar-refractivity contribution in [2.45, 2.75) is 26.3 Å². The predicted molar refractivity (Wildman–Crippen MR) is 115 cm³/mol. The van der Waals surface area contributed by atoms with Crippen LogP contribution in [0, 0.1) is 0 Å². The fraction of sp³-hybridized carbons (Fsp3) is 0.238. The lowest BCUT2D eigenvalue weighted by Crippen LogP contribution is -2.36. The first-order chi connectivity index (χ1) is 13.8. The van der Waals surface area contributed by atoms with Crippen LogP contribution in [0.15, 0.2) is 48.5 Å². The predicted octanol–water partition coefficient (Wildman–Crippen LogP) is 3.13. The van der Waals surface area contributed by atoms with Crippen LogP contribution in [0.4, 0.5) is 5.69 Å². The first-order valence-electron chi connectivity index (χ1n) is 9.06. The minimum Gasteiger partial charge on any atom is -0.465 e. The summed E-state index contributed by atoms with van der Waals surface area (Å²) in [6, 6.07) is 13.0. The molecule has 29 heavy (non-hydrogen) atoms. The van der Waals surface area contributed by atoms with Gasteiger partial charge in [-0.15, -0.1) is 0 Å². The summed E-state index contributed by atoms with van der Waals surface area (Å²) in [5, 5.41) is 8.35. The van der Waals surface area contributed by atoms with Crippen LogP contribution >= 0.6 is 12.2 Å². The Bertz CT molecular complexity index is 930. The first-order valence-corrected chi connectivity index (χ1v) is 9.47. The number of para-hydroxylation sites is 1. The largest absolute Gasteiger partial charge is 0.465 e.